The SMILES string of the molecule is CCC(C)C(C(CC(=O)N1CCCC1C(OC)C(C)C(=O)NCCc1ccccn1)OC)N(C)C(=O)CNC(=O)C(C(C)C)N(C)C. The third kappa shape index (κ3) is 11.2. The molecule has 0 saturated carbocycles. The number of amides is 4. The topological polar surface area (TPSA) is 133 Å². The predicted molar refractivity (Wildman–Crippen MR) is 182 cm³/mol. The molecule has 7 atom stereocenters. The average Bonchev–Trinajstić information content (AvgIpc) is 3.53. The van der Waals surface area contributed by atoms with Gasteiger partial charge < -0.3 is 29.9 Å². The first-order valence-electron chi connectivity index (χ1n) is 17.0. The van der Waals surface area contributed by atoms with Gasteiger partial charge in [-0.1, -0.05) is 47.1 Å². The molecule has 4 amide bonds. The van der Waals surface area contributed by atoms with Crippen molar-refractivity contribution in [3.63, 3.8) is 0 Å². The van der Waals surface area contributed by atoms with Crippen molar-refractivity contribution in [1.29, 1.82) is 0 Å². The zero-order valence-electron chi connectivity index (χ0n) is 30.3. The number of pyridine rings is 1. The summed E-state index contributed by atoms with van der Waals surface area (Å²) >= 11 is 0. The van der Waals surface area contributed by atoms with Crippen molar-refractivity contribution in [2.45, 2.75) is 97.1 Å². The van der Waals surface area contributed by atoms with Gasteiger partial charge in [0.25, 0.3) is 0 Å². The number of carbonyl (C=O) groups excluding carboxylic acids is 4. The van der Waals surface area contributed by atoms with Gasteiger partial charge >= 0.3 is 0 Å². The van der Waals surface area contributed by atoms with Gasteiger partial charge in [-0.05, 0) is 50.9 Å². The van der Waals surface area contributed by atoms with Gasteiger partial charge in [0.2, 0.25) is 23.6 Å². The van der Waals surface area contributed by atoms with Crippen molar-refractivity contribution in [2.75, 3.05) is 55.0 Å². The molecular weight excluding hydrogens is 600 g/mol. The molecule has 2 N–H and O–H groups in total. The molecule has 0 bridgehead atoms. The fraction of sp³-hybridized carbons (Fsp3) is 0.743. The van der Waals surface area contributed by atoms with Crippen LogP contribution in [0.3, 0.4) is 0 Å². The van der Waals surface area contributed by atoms with Crippen LogP contribution in [0.1, 0.15) is 66.0 Å². The molecule has 0 aromatic carbocycles. The Morgan fingerprint density at radius 2 is 1.72 bits per heavy atom. The lowest BCUT2D eigenvalue weighted by atomic mass is 9.90. The summed E-state index contributed by atoms with van der Waals surface area (Å²) in [6, 6.07) is 4.70. The normalized spacial score (nSPS) is 18.7. The van der Waals surface area contributed by atoms with Crippen LogP contribution in [-0.4, -0.2) is 129 Å². The van der Waals surface area contributed by atoms with E-state index in [0.717, 1.165) is 25.0 Å². The summed E-state index contributed by atoms with van der Waals surface area (Å²) in [5, 5.41) is 5.81. The molecule has 2 rings (SSSR count). The highest BCUT2D eigenvalue weighted by atomic mass is 16.5. The van der Waals surface area contributed by atoms with E-state index in [2.05, 4.69) is 15.6 Å². The van der Waals surface area contributed by atoms with E-state index >= 15 is 0 Å². The van der Waals surface area contributed by atoms with Gasteiger partial charge in [0, 0.05) is 52.7 Å². The van der Waals surface area contributed by atoms with Gasteiger partial charge in [0.1, 0.15) is 0 Å². The molecule has 0 spiro atoms. The second-order valence-electron chi connectivity index (χ2n) is 13.4. The fourth-order valence-corrected chi connectivity index (χ4v) is 6.87. The zero-order valence-corrected chi connectivity index (χ0v) is 30.3. The van der Waals surface area contributed by atoms with E-state index in [0.29, 0.717) is 19.5 Å². The molecule has 0 radical (unpaired) electrons. The molecule has 1 aromatic rings. The van der Waals surface area contributed by atoms with E-state index in [1.807, 2.05) is 76.7 Å². The highest BCUT2D eigenvalue weighted by Gasteiger charge is 2.42. The lowest BCUT2D eigenvalue weighted by Gasteiger charge is -2.39. The van der Waals surface area contributed by atoms with Crippen molar-refractivity contribution < 1.29 is 28.7 Å². The molecule has 12 nitrogen and oxygen atoms in total. The maximum absolute atomic E-state index is 13.9. The molecule has 7 unspecified atom stereocenters. The van der Waals surface area contributed by atoms with Gasteiger partial charge in [0.15, 0.2) is 0 Å². The van der Waals surface area contributed by atoms with Crippen molar-refractivity contribution in [3.05, 3.63) is 30.1 Å². The van der Waals surface area contributed by atoms with Crippen LogP contribution in [0.5, 0.6) is 0 Å². The molecule has 1 aromatic heterocycles. The largest absolute Gasteiger partial charge is 0.379 e. The zero-order chi connectivity index (χ0) is 35.3. The lowest BCUT2D eigenvalue weighted by Crippen LogP contribution is -2.55. The Balaban J connectivity index is 2.10. The number of ether oxygens (including phenoxy) is 2. The Bertz CT molecular complexity index is 1130. The molecule has 1 fully saturated rings. The number of hydrogen-bond acceptors (Lipinski definition) is 8. The maximum atomic E-state index is 13.9. The Kier molecular flexibility index (Phi) is 16.8. The van der Waals surface area contributed by atoms with Gasteiger partial charge in [0.05, 0.1) is 49.2 Å². The number of hydrogen-bond donors (Lipinski definition) is 2. The van der Waals surface area contributed by atoms with Crippen LogP contribution >= 0.6 is 0 Å². The number of methoxy groups -OCH3 is 2. The molecule has 2 heterocycles. The molecule has 0 aliphatic carbocycles. The van der Waals surface area contributed by atoms with Crippen LogP contribution < -0.4 is 10.6 Å². The summed E-state index contributed by atoms with van der Waals surface area (Å²) in [7, 11) is 8.55. The fourth-order valence-electron chi connectivity index (χ4n) is 6.87. The molecule has 266 valence electrons. The van der Waals surface area contributed by atoms with Crippen LogP contribution in [0.2, 0.25) is 0 Å². The summed E-state index contributed by atoms with van der Waals surface area (Å²) in [6.45, 7) is 10.7. The number of nitrogens with zero attached hydrogens (tertiary/aromatic N) is 4. The van der Waals surface area contributed by atoms with Gasteiger partial charge in [-0.15, -0.1) is 0 Å². The molecule has 1 aliphatic heterocycles. The van der Waals surface area contributed by atoms with E-state index in [1.54, 1.807) is 32.4 Å². The van der Waals surface area contributed by atoms with E-state index < -0.39 is 24.2 Å². The second kappa shape index (κ2) is 19.7. The first kappa shape index (κ1) is 40.1. The van der Waals surface area contributed by atoms with Crippen molar-refractivity contribution >= 4 is 23.6 Å². The Morgan fingerprint density at radius 1 is 1.02 bits per heavy atom. The minimum Gasteiger partial charge on any atom is -0.379 e. The number of nitrogens with one attached hydrogen (secondary N) is 2. The number of likely N-dealkylation sites (tertiary alicyclic amines) is 1. The summed E-state index contributed by atoms with van der Waals surface area (Å²) in [6.07, 6.45) is 3.68. The Labute approximate surface area is 282 Å². The molecule has 1 aliphatic rings. The summed E-state index contributed by atoms with van der Waals surface area (Å²) < 4.78 is 11.8. The molecule has 1 saturated heterocycles. The molecule has 12 heteroatoms. The maximum Gasteiger partial charge on any atom is 0.242 e. The number of aromatic nitrogens is 1. The average molecular weight is 661 g/mol. The van der Waals surface area contributed by atoms with Gasteiger partial charge in [-0.3, -0.25) is 29.1 Å². The van der Waals surface area contributed by atoms with E-state index in [1.165, 1.54) is 0 Å². The van der Waals surface area contributed by atoms with Crippen LogP contribution in [0, 0.1) is 17.8 Å². The minimum atomic E-state index is -0.568. The highest BCUT2D eigenvalue weighted by Crippen LogP contribution is 2.29. The third-order valence-corrected chi connectivity index (χ3v) is 9.58. The number of carbonyl (C=O) groups is 4. The van der Waals surface area contributed by atoms with Crippen molar-refractivity contribution in [2.24, 2.45) is 17.8 Å². The standard InChI is InChI=1S/C35H60N6O6/c1-11-24(4)32(40(8)30(43)22-38-35(45)31(23(2)3)39(6)7)28(46-9)21-29(42)41-20-14-16-27(41)33(47-10)25(5)34(44)37-19-17-26-15-12-13-18-36-26/h12-13,15,18,23-25,27-28,31-33H,11,14,16-17,19-22H2,1-10H3,(H,37,44)(H,38,45). The summed E-state index contributed by atoms with van der Waals surface area (Å²) in [5.41, 5.74) is 0.904. The quantitative estimate of drug-likeness (QED) is 0.231. The first-order chi connectivity index (χ1) is 22.3. The van der Waals surface area contributed by atoms with E-state index in [9.17, 15) is 19.2 Å². The first-order valence-corrected chi connectivity index (χ1v) is 17.0. The number of rotatable bonds is 19. The minimum absolute atomic E-state index is 0.0264. The van der Waals surface area contributed by atoms with Crippen molar-refractivity contribution in [1.82, 2.24) is 30.3 Å². The Hall–Kier alpha value is -3.09. The van der Waals surface area contributed by atoms with Gasteiger partial charge in [-0.2, -0.15) is 0 Å². The third-order valence-electron chi connectivity index (χ3n) is 9.58. The highest BCUT2D eigenvalue weighted by molar-refractivity contribution is 5.87. The van der Waals surface area contributed by atoms with Gasteiger partial charge in [-0.25, -0.2) is 0 Å². The van der Waals surface area contributed by atoms with E-state index in [4.69, 9.17) is 9.47 Å². The second-order valence-corrected chi connectivity index (χ2v) is 13.4. The summed E-state index contributed by atoms with van der Waals surface area (Å²) in [4.78, 5) is 62.9. The van der Waals surface area contributed by atoms with Crippen LogP contribution in [0.25, 0.3) is 0 Å². The smallest absolute Gasteiger partial charge is 0.242 e. The summed E-state index contributed by atoms with van der Waals surface area (Å²) in [5.74, 6) is -1.05. The van der Waals surface area contributed by atoms with Crippen molar-refractivity contribution in [3.8, 4) is 0 Å². The molecule has 47 heavy (non-hydrogen) atoms. The molecular formula is C35H60N6O6. The lowest BCUT2D eigenvalue weighted by molar-refractivity contribution is -0.145. The van der Waals surface area contributed by atoms with Crippen LogP contribution in [0.15, 0.2) is 24.4 Å². The monoisotopic (exact) mass is 660 g/mol. The van der Waals surface area contributed by atoms with E-state index in [-0.39, 0.29) is 60.5 Å². The van der Waals surface area contributed by atoms with Crippen LogP contribution in [0.4, 0.5) is 0 Å². The van der Waals surface area contributed by atoms with Crippen LogP contribution in [-0.2, 0) is 35.1 Å². The predicted octanol–water partition coefficient (Wildman–Crippen LogP) is 2.36. The number of likely N-dealkylation sites (N-methyl/N-ethyl adjacent to an activating group) is 2. The Morgan fingerprint density at radius 3 is 2.28 bits per heavy atom.